The van der Waals surface area contributed by atoms with Gasteiger partial charge in [0.05, 0.1) is 28.5 Å². The molecule has 4 nitrogen and oxygen atoms in total. The van der Waals surface area contributed by atoms with Crippen molar-refractivity contribution in [2.45, 2.75) is 20.4 Å². The van der Waals surface area contributed by atoms with Crippen molar-refractivity contribution in [3.63, 3.8) is 0 Å². The third-order valence-electron chi connectivity index (χ3n) is 1.94. The molecule has 0 amide bonds. The van der Waals surface area contributed by atoms with Gasteiger partial charge in [-0.25, -0.2) is 4.79 Å². The normalized spacial score (nSPS) is 10.2. The fourth-order valence-electron chi connectivity index (χ4n) is 1.08. The summed E-state index contributed by atoms with van der Waals surface area (Å²) in [5, 5.41) is 13.3. The quantitative estimate of drug-likeness (QED) is 0.781. The van der Waals surface area contributed by atoms with Gasteiger partial charge in [-0.15, -0.1) is 0 Å². The van der Waals surface area contributed by atoms with Crippen LogP contribution in [0.25, 0.3) is 0 Å². The van der Waals surface area contributed by atoms with Crippen LogP contribution >= 0.6 is 11.6 Å². The van der Waals surface area contributed by atoms with Gasteiger partial charge in [-0.1, -0.05) is 18.2 Å². The Hall–Kier alpha value is -1.29. The van der Waals surface area contributed by atoms with E-state index >= 15 is 0 Å². The highest BCUT2D eigenvalue weighted by molar-refractivity contribution is 6.31. The maximum atomic E-state index is 10.5. The second-order valence-corrected chi connectivity index (χ2v) is 3.43. The number of halogens is 1. The molecular formula is C9H11ClN2O2. The Morgan fingerprint density at radius 1 is 1.64 bits per heavy atom. The number of carbonyl (C=O) groups is 1. The molecule has 0 aliphatic rings. The van der Waals surface area contributed by atoms with Gasteiger partial charge >= 0.3 is 5.97 Å². The summed E-state index contributed by atoms with van der Waals surface area (Å²) >= 11 is 5.90. The van der Waals surface area contributed by atoms with Crippen molar-refractivity contribution in [3.8, 4) is 0 Å². The summed E-state index contributed by atoms with van der Waals surface area (Å²) in [6.07, 6.45) is 0. The molecule has 0 aliphatic carbocycles. The monoisotopic (exact) mass is 214 g/mol. The van der Waals surface area contributed by atoms with Crippen LogP contribution in [0.4, 0.5) is 0 Å². The molecule has 0 atom stereocenters. The molecule has 76 valence electrons. The lowest BCUT2D eigenvalue weighted by Gasteiger charge is -2.03. The highest BCUT2D eigenvalue weighted by Gasteiger charge is 2.12. The first-order valence-corrected chi connectivity index (χ1v) is 4.42. The molecule has 14 heavy (non-hydrogen) atoms. The predicted molar refractivity (Wildman–Crippen MR) is 53.5 cm³/mol. The Kier molecular flexibility index (Phi) is 2.96. The van der Waals surface area contributed by atoms with Crippen LogP contribution in [0.2, 0.25) is 5.02 Å². The van der Waals surface area contributed by atoms with Crippen LogP contribution in [-0.4, -0.2) is 20.9 Å². The van der Waals surface area contributed by atoms with Crippen molar-refractivity contribution in [1.82, 2.24) is 9.78 Å². The number of aliphatic carboxylic acids is 1. The fourth-order valence-corrected chi connectivity index (χ4v) is 1.21. The third-order valence-corrected chi connectivity index (χ3v) is 2.48. The van der Waals surface area contributed by atoms with Crippen LogP contribution in [0, 0.1) is 13.8 Å². The van der Waals surface area contributed by atoms with Crippen molar-refractivity contribution in [2.75, 3.05) is 0 Å². The number of aromatic nitrogens is 2. The van der Waals surface area contributed by atoms with E-state index in [0.717, 1.165) is 5.69 Å². The summed E-state index contributed by atoms with van der Waals surface area (Å²) in [6, 6.07) is 0. The number of hydrogen-bond donors (Lipinski definition) is 1. The average molecular weight is 215 g/mol. The van der Waals surface area contributed by atoms with Crippen LogP contribution in [0.15, 0.2) is 12.2 Å². The minimum Gasteiger partial charge on any atom is -0.478 e. The topological polar surface area (TPSA) is 55.1 Å². The second kappa shape index (κ2) is 3.84. The van der Waals surface area contributed by atoms with Gasteiger partial charge in [0, 0.05) is 0 Å². The maximum absolute atomic E-state index is 10.5. The highest BCUT2D eigenvalue weighted by atomic mass is 35.5. The number of nitrogens with zero attached hydrogens (tertiary/aromatic N) is 2. The number of hydrogen-bond acceptors (Lipinski definition) is 2. The van der Waals surface area contributed by atoms with Crippen molar-refractivity contribution >= 4 is 17.6 Å². The smallest absolute Gasteiger partial charge is 0.332 e. The first-order chi connectivity index (χ1) is 6.43. The maximum Gasteiger partial charge on any atom is 0.332 e. The van der Waals surface area contributed by atoms with Crippen molar-refractivity contribution < 1.29 is 9.90 Å². The van der Waals surface area contributed by atoms with E-state index in [-0.39, 0.29) is 12.1 Å². The lowest BCUT2D eigenvalue weighted by atomic mass is 10.3. The van der Waals surface area contributed by atoms with E-state index in [1.165, 1.54) is 4.68 Å². The molecule has 1 N–H and O–H groups in total. The van der Waals surface area contributed by atoms with Crippen LogP contribution < -0.4 is 0 Å². The van der Waals surface area contributed by atoms with Gasteiger partial charge in [-0.3, -0.25) is 4.68 Å². The minimum absolute atomic E-state index is 0.0901. The van der Waals surface area contributed by atoms with E-state index in [2.05, 4.69) is 11.7 Å². The highest BCUT2D eigenvalue weighted by Crippen LogP contribution is 2.19. The van der Waals surface area contributed by atoms with Gasteiger partial charge in [0.15, 0.2) is 0 Å². The van der Waals surface area contributed by atoms with Crippen LogP contribution in [0.1, 0.15) is 11.4 Å². The van der Waals surface area contributed by atoms with E-state index in [0.29, 0.717) is 10.7 Å². The Bertz CT molecular complexity index is 396. The molecule has 1 rings (SSSR count). The lowest BCUT2D eigenvalue weighted by molar-refractivity contribution is -0.132. The molecule has 5 heteroatoms. The Balaban J connectivity index is 2.93. The zero-order valence-corrected chi connectivity index (χ0v) is 8.80. The number of aryl methyl sites for hydroxylation is 1. The average Bonchev–Trinajstić information content (AvgIpc) is 2.33. The molecule has 0 aliphatic heterocycles. The Morgan fingerprint density at radius 3 is 2.57 bits per heavy atom. The van der Waals surface area contributed by atoms with Crippen LogP contribution in [0.3, 0.4) is 0 Å². The largest absolute Gasteiger partial charge is 0.478 e. The molecule has 1 aromatic heterocycles. The second-order valence-electron chi connectivity index (χ2n) is 3.05. The summed E-state index contributed by atoms with van der Waals surface area (Å²) in [5.74, 6) is -1.02. The molecule has 1 aromatic rings. The lowest BCUT2D eigenvalue weighted by Crippen LogP contribution is -2.10. The molecule has 0 aromatic carbocycles. The molecule has 0 saturated heterocycles. The summed E-state index contributed by atoms with van der Waals surface area (Å²) in [7, 11) is 0. The Morgan fingerprint density at radius 2 is 2.21 bits per heavy atom. The van der Waals surface area contributed by atoms with Crippen LogP contribution in [0.5, 0.6) is 0 Å². The zero-order chi connectivity index (χ0) is 10.9. The summed E-state index contributed by atoms with van der Waals surface area (Å²) in [6.45, 7) is 7.15. The number of rotatable bonds is 3. The first-order valence-electron chi connectivity index (χ1n) is 4.04. The zero-order valence-electron chi connectivity index (χ0n) is 8.04. The van der Waals surface area contributed by atoms with E-state index in [4.69, 9.17) is 16.7 Å². The van der Waals surface area contributed by atoms with Gasteiger partial charge in [-0.2, -0.15) is 5.10 Å². The number of carboxylic acids is 1. The molecule has 0 fully saturated rings. The van der Waals surface area contributed by atoms with Gasteiger partial charge in [-0.05, 0) is 13.8 Å². The molecule has 0 unspecified atom stereocenters. The molecule has 0 spiro atoms. The summed E-state index contributed by atoms with van der Waals surface area (Å²) in [5.41, 5.74) is 1.54. The molecular weight excluding hydrogens is 204 g/mol. The van der Waals surface area contributed by atoms with Crippen molar-refractivity contribution in [1.29, 1.82) is 0 Å². The van der Waals surface area contributed by atoms with E-state index in [1.54, 1.807) is 13.8 Å². The number of carboxylic acid groups (broad SMARTS) is 1. The van der Waals surface area contributed by atoms with Gasteiger partial charge in [0.2, 0.25) is 0 Å². The van der Waals surface area contributed by atoms with Gasteiger partial charge < -0.3 is 5.11 Å². The molecule has 1 heterocycles. The summed E-state index contributed by atoms with van der Waals surface area (Å²) in [4.78, 5) is 10.5. The van der Waals surface area contributed by atoms with Gasteiger partial charge in [0.25, 0.3) is 0 Å². The minimum atomic E-state index is -1.02. The first kappa shape index (κ1) is 10.8. The molecule has 0 saturated carbocycles. The Labute approximate surface area is 86.8 Å². The fraction of sp³-hybridized carbons (Fsp3) is 0.333. The third kappa shape index (κ3) is 1.96. The van der Waals surface area contributed by atoms with E-state index in [1.807, 2.05) is 0 Å². The summed E-state index contributed by atoms with van der Waals surface area (Å²) < 4.78 is 1.54. The van der Waals surface area contributed by atoms with E-state index < -0.39 is 5.97 Å². The van der Waals surface area contributed by atoms with Gasteiger partial charge in [0.1, 0.15) is 0 Å². The van der Waals surface area contributed by atoms with Crippen molar-refractivity contribution in [3.05, 3.63) is 28.6 Å². The van der Waals surface area contributed by atoms with E-state index in [9.17, 15) is 4.79 Å². The molecule has 0 bridgehead atoms. The molecule has 0 radical (unpaired) electrons. The van der Waals surface area contributed by atoms with Crippen molar-refractivity contribution in [2.24, 2.45) is 0 Å². The predicted octanol–water partition coefficient (Wildman–Crippen LogP) is 1.79. The standard InChI is InChI=1S/C9H11ClN2O2/c1-5(9(13)14)4-12-7(3)8(10)6(2)11-12/h1,4H2,2-3H3,(H,13,14). The van der Waals surface area contributed by atoms with Crippen LogP contribution in [-0.2, 0) is 11.3 Å². The SMILES string of the molecule is C=C(Cn1nc(C)c(Cl)c1C)C(=O)O.